The molecule has 17 heavy (non-hydrogen) atoms. The van der Waals surface area contributed by atoms with Crippen LogP contribution in [0.5, 0.6) is 0 Å². The highest BCUT2D eigenvalue weighted by Gasteiger charge is 2.23. The van der Waals surface area contributed by atoms with E-state index >= 15 is 0 Å². The minimum absolute atomic E-state index is 0.144. The number of carbonyl (C=O) groups excluding carboxylic acids is 1. The molecule has 0 saturated carbocycles. The zero-order valence-corrected chi connectivity index (χ0v) is 10.8. The molecule has 1 atom stereocenters. The zero-order valence-electron chi connectivity index (χ0n) is 9.20. The van der Waals surface area contributed by atoms with Crippen molar-refractivity contribution in [3.05, 3.63) is 29.0 Å². The van der Waals surface area contributed by atoms with Gasteiger partial charge in [0.1, 0.15) is 11.1 Å². The molecule has 1 amide bonds. The molecule has 1 rings (SSSR count). The average Bonchev–Trinajstić information content (AvgIpc) is 2.21. The van der Waals surface area contributed by atoms with Crippen LogP contribution < -0.4 is 5.32 Å². The largest absolute Gasteiger partial charge is 0.325 e. The summed E-state index contributed by atoms with van der Waals surface area (Å²) in [6.45, 7) is 1.27. The Bertz CT molecular complexity index is 544. The van der Waals surface area contributed by atoms with E-state index in [2.05, 4.69) is 5.32 Å². The van der Waals surface area contributed by atoms with Gasteiger partial charge in [0.2, 0.25) is 5.91 Å². The number of benzene rings is 1. The predicted octanol–water partition coefficient (Wildman–Crippen LogP) is 1.85. The van der Waals surface area contributed by atoms with Crippen molar-refractivity contribution in [3.63, 3.8) is 0 Å². The molecule has 1 aromatic carbocycles. The molecule has 0 aliphatic carbocycles. The van der Waals surface area contributed by atoms with Gasteiger partial charge in [-0.25, -0.2) is 12.8 Å². The number of hydrogen-bond acceptors (Lipinski definition) is 3. The van der Waals surface area contributed by atoms with Crippen molar-refractivity contribution in [2.24, 2.45) is 0 Å². The average molecular weight is 280 g/mol. The number of halogens is 2. The van der Waals surface area contributed by atoms with Crippen LogP contribution >= 0.6 is 11.6 Å². The van der Waals surface area contributed by atoms with E-state index in [1.54, 1.807) is 0 Å². The summed E-state index contributed by atoms with van der Waals surface area (Å²) in [4.78, 5) is 11.5. The van der Waals surface area contributed by atoms with Crippen LogP contribution in [0.3, 0.4) is 0 Å². The minimum Gasteiger partial charge on any atom is -0.325 e. The molecular formula is C10H11ClFNO3S. The molecule has 0 spiro atoms. The maximum Gasteiger partial charge on any atom is 0.242 e. The Kier molecular flexibility index (Phi) is 4.11. The van der Waals surface area contributed by atoms with Crippen LogP contribution in [-0.2, 0) is 14.6 Å². The van der Waals surface area contributed by atoms with Crippen molar-refractivity contribution in [1.82, 2.24) is 0 Å². The summed E-state index contributed by atoms with van der Waals surface area (Å²) in [5.41, 5.74) is 0.247. The van der Waals surface area contributed by atoms with Gasteiger partial charge < -0.3 is 5.32 Å². The van der Waals surface area contributed by atoms with Crippen LogP contribution in [0.1, 0.15) is 6.92 Å². The number of anilines is 1. The van der Waals surface area contributed by atoms with Gasteiger partial charge >= 0.3 is 0 Å². The van der Waals surface area contributed by atoms with Gasteiger partial charge in [0.15, 0.2) is 9.84 Å². The summed E-state index contributed by atoms with van der Waals surface area (Å²) < 4.78 is 35.1. The van der Waals surface area contributed by atoms with Gasteiger partial charge in [0.05, 0.1) is 5.02 Å². The minimum atomic E-state index is -3.46. The lowest BCUT2D eigenvalue weighted by Crippen LogP contribution is -2.31. The molecular weight excluding hydrogens is 269 g/mol. The highest BCUT2D eigenvalue weighted by atomic mass is 35.5. The topological polar surface area (TPSA) is 63.2 Å². The van der Waals surface area contributed by atoms with E-state index in [-0.39, 0.29) is 10.7 Å². The van der Waals surface area contributed by atoms with E-state index in [9.17, 15) is 17.6 Å². The molecule has 0 saturated heterocycles. The zero-order chi connectivity index (χ0) is 13.2. The Balaban J connectivity index is 2.85. The van der Waals surface area contributed by atoms with Crippen LogP contribution in [0.15, 0.2) is 18.2 Å². The first-order valence-electron chi connectivity index (χ1n) is 4.66. The highest BCUT2D eigenvalue weighted by Crippen LogP contribution is 2.19. The Morgan fingerprint density at radius 3 is 2.53 bits per heavy atom. The van der Waals surface area contributed by atoms with Crippen LogP contribution in [0.25, 0.3) is 0 Å². The first-order valence-corrected chi connectivity index (χ1v) is 7.00. The van der Waals surface area contributed by atoms with Gasteiger partial charge in [-0.05, 0) is 25.1 Å². The Hall–Kier alpha value is -1.14. The lowest BCUT2D eigenvalue weighted by molar-refractivity contribution is -0.115. The summed E-state index contributed by atoms with van der Waals surface area (Å²) in [6, 6.07) is 3.60. The van der Waals surface area contributed by atoms with E-state index in [1.165, 1.54) is 19.1 Å². The second-order valence-electron chi connectivity index (χ2n) is 3.59. The van der Waals surface area contributed by atoms with Crippen molar-refractivity contribution >= 4 is 33.0 Å². The van der Waals surface area contributed by atoms with Crippen molar-refractivity contribution in [3.8, 4) is 0 Å². The van der Waals surface area contributed by atoms with Gasteiger partial charge in [0.25, 0.3) is 0 Å². The van der Waals surface area contributed by atoms with Crippen LogP contribution in [0.2, 0.25) is 5.02 Å². The van der Waals surface area contributed by atoms with Crippen LogP contribution in [0, 0.1) is 5.82 Å². The molecule has 1 unspecified atom stereocenters. The number of amides is 1. The molecule has 7 heteroatoms. The Morgan fingerprint density at radius 1 is 1.47 bits per heavy atom. The quantitative estimate of drug-likeness (QED) is 0.918. The molecule has 0 fully saturated rings. The van der Waals surface area contributed by atoms with Gasteiger partial charge in [-0.1, -0.05) is 11.6 Å². The number of carbonyl (C=O) groups is 1. The van der Waals surface area contributed by atoms with E-state index in [1.807, 2.05) is 0 Å². The summed E-state index contributed by atoms with van der Waals surface area (Å²) in [6.07, 6.45) is 0.967. The van der Waals surface area contributed by atoms with E-state index in [0.717, 1.165) is 12.3 Å². The summed E-state index contributed by atoms with van der Waals surface area (Å²) in [5.74, 6) is -1.30. The number of sulfone groups is 1. The predicted molar refractivity (Wildman–Crippen MR) is 64.3 cm³/mol. The van der Waals surface area contributed by atoms with Crippen molar-refractivity contribution in [2.75, 3.05) is 11.6 Å². The molecule has 0 radical (unpaired) electrons. The van der Waals surface area contributed by atoms with Crippen LogP contribution in [0.4, 0.5) is 10.1 Å². The molecule has 0 bridgehead atoms. The highest BCUT2D eigenvalue weighted by molar-refractivity contribution is 7.92. The lowest BCUT2D eigenvalue weighted by Gasteiger charge is -2.10. The summed E-state index contributed by atoms with van der Waals surface area (Å²) in [7, 11) is -3.46. The van der Waals surface area contributed by atoms with E-state index in [4.69, 9.17) is 11.6 Å². The molecule has 0 aromatic heterocycles. The first kappa shape index (κ1) is 13.9. The Morgan fingerprint density at radius 2 is 2.06 bits per heavy atom. The number of hydrogen-bond donors (Lipinski definition) is 1. The third-order valence-corrected chi connectivity index (χ3v) is 3.99. The fourth-order valence-corrected chi connectivity index (χ4v) is 1.64. The first-order chi connectivity index (χ1) is 7.71. The summed E-state index contributed by atoms with van der Waals surface area (Å²) >= 11 is 5.52. The standard InChI is InChI=1S/C10H11ClFNO3S/c1-6(17(2,15)16)10(14)13-7-3-4-9(12)8(11)5-7/h3-6H,1-2H3,(H,13,14). The third kappa shape index (κ3) is 3.67. The maximum absolute atomic E-state index is 12.8. The fourth-order valence-electron chi connectivity index (χ4n) is 1.01. The second-order valence-corrected chi connectivity index (χ2v) is 6.36. The Labute approximate surface area is 104 Å². The van der Waals surface area contributed by atoms with Gasteiger partial charge in [0, 0.05) is 11.9 Å². The maximum atomic E-state index is 12.8. The smallest absolute Gasteiger partial charge is 0.242 e. The van der Waals surface area contributed by atoms with Crippen LogP contribution in [-0.4, -0.2) is 25.8 Å². The fraction of sp³-hybridized carbons (Fsp3) is 0.300. The van der Waals surface area contributed by atoms with Crippen molar-refractivity contribution < 1.29 is 17.6 Å². The number of rotatable bonds is 3. The van der Waals surface area contributed by atoms with Gasteiger partial charge in [-0.2, -0.15) is 0 Å². The summed E-state index contributed by atoms with van der Waals surface area (Å²) in [5, 5.41) is 1.03. The molecule has 0 aliphatic rings. The molecule has 0 heterocycles. The second kappa shape index (κ2) is 5.01. The molecule has 0 aliphatic heterocycles. The van der Waals surface area contributed by atoms with Crippen molar-refractivity contribution in [2.45, 2.75) is 12.2 Å². The van der Waals surface area contributed by atoms with Gasteiger partial charge in [-0.3, -0.25) is 4.79 Å². The normalized spacial score (nSPS) is 13.2. The molecule has 1 N–H and O–H groups in total. The molecule has 4 nitrogen and oxygen atoms in total. The third-order valence-electron chi connectivity index (χ3n) is 2.20. The molecule has 94 valence electrons. The SMILES string of the molecule is CC(C(=O)Nc1ccc(F)c(Cl)c1)S(C)(=O)=O. The monoisotopic (exact) mass is 279 g/mol. The lowest BCUT2D eigenvalue weighted by atomic mass is 10.3. The van der Waals surface area contributed by atoms with Crippen molar-refractivity contribution in [1.29, 1.82) is 0 Å². The van der Waals surface area contributed by atoms with E-state index in [0.29, 0.717) is 0 Å². The number of nitrogens with one attached hydrogen (secondary N) is 1. The van der Waals surface area contributed by atoms with E-state index < -0.39 is 26.8 Å². The van der Waals surface area contributed by atoms with Gasteiger partial charge in [-0.15, -0.1) is 0 Å². The molecule has 1 aromatic rings.